The molecule has 0 atom stereocenters. The summed E-state index contributed by atoms with van der Waals surface area (Å²) in [6.07, 6.45) is 0. The first-order chi connectivity index (χ1) is 11.6. The van der Waals surface area contributed by atoms with Crippen LogP contribution in [-0.4, -0.2) is 32.2 Å². The normalized spacial score (nSPS) is 11.6. The van der Waals surface area contributed by atoms with Gasteiger partial charge in [-0.25, -0.2) is 17.2 Å². The molecular weight excluding hydrogens is 397 g/mol. The SMILES string of the molecule is CN(CC(=O)Nc1ccc(F)c(F)c1)S(=O)(=O)c1cc(Cl)ccc1Cl. The van der Waals surface area contributed by atoms with Gasteiger partial charge >= 0.3 is 0 Å². The topological polar surface area (TPSA) is 66.5 Å². The number of nitrogens with zero attached hydrogens (tertiary/aromatic N) is 1. The molecule has 0 aromatic heterocycles. The summed E-state index contributed by atoms with van der Waals surface area (Å²) < 4.78 is 51.7. The third-order valence-electron chi connectivity index (χ3n) is 3.15. The second kappa shape index (κ2) is 7.65. The van der Waals surface area contributed by atoms with Crippen LogP contribution in [0.15, 0.2) is 41.3 Å². The van der Waals surface area contributed by atoms with E-state index in [0.717, 1.165) is 22.5 Å². The third-order valence-corrected chi connectivity index (χ3v) is 5.67. The number of benzene rings is 2. The van der Waals surface area contributed by atoms with Crippen molar-refractivity contribution < 1.29 is 22.0 Å². The lowest BCUT2D eigenvalue weighted by molar-refractivity contribution is -0.116. The van der Waals surface area contributed by atoms with Crippen molar-refractivity contribution >= 4 is 44.8 Å². The minimum absolute atomic E-state index is 0.00418. The molecule has 1 amide bonds. The molecule has 0 aliphatic heterocycles. The van der Waals surface area contributed by atoms with Gasteiger partial charge in [-0.05, 0) is 30.3 Å². The van der Waals surface area contributed by atoms with Crippen LogP contribution in [0.5, 0.6) is 0 Å². The largest absolute Gasteiger partial charge is 0.325 e. The molecule has 2 rings (SSSR count). The van der Waals surface area contributed by atoms with Crippen molar-refractivity contribution in [2.45, 2.75) is 4.90 Å². The quantitative estimate of drug-likeness (QED) is 0.822. The number of hydrogen-bond donors (Lipinski definition) is 1. The standard InChI is InChI=1S/C15H12Cl2F2N2O3S/c1-21(25(23,24)14-6-9(16)2-4-11(14)17)8-15(22)20-10-3-5-12(18)13(19)7-10/h2-7H,8H2,1H3,(H,20,22). The Hall–Kier alpha value is -1.74. The van der Waals surface area contributed by atoms with Crippen LogP contribution in [0.3, 0.4) is 0 Å². The van der Waals surface area contributed by atoms with Gasteiger partial charge in [-0.2, -0.15) is 4.31 Å². The number of anilines is 1. The van der Waals surface area contributed by atoms with Gasteiger partial charge in [0.05, 0.1) is 11.6 Å². The van der Waals surface area contributed by atoms with Gasteiger partial charge in [-0.1, -0.05) is 23.2 Å². The number of hydrogen-bond acceptors (Lipinski definition) is 3. The molecule has 0 fully saturated rings. The average molecular weight is 409 g/mol. The van der Waals surface area contributed by atoms with Gasteiger partial charge in [0.2, 0.25) is 15.9 Å². The maximum Gasteiger partial charge on any atom is 0.244 e. The third kappa shape index (κ3) is 4.66. The van der Waals surface area contributed by atoms with E-state index < -0.39 is 34.1 Å². The van der Waals surface area contributed by atoms with Crippen molar-refractivity contribution in [2.75, 3.05) is 18.9 Å². The minimum atomic E-state index is -4.07. The van der Waals surface area contributed by atoms with Crippen molar-refractivity contribution in [2.24, 2.45) is 0 Å². The maximum absolute atomic E-state index is 13.1. The van der Waals surface area contributed by atoms with Gasteiger partial charge in [0, 0.05) is 23.8 Å². The van der Waals surface area contributed by atoms with Gasteiger partial charge in [-0.3, -0.25) is 4.79 Å². The molecule has 134 valence electrons. The first-order valence-corrected chi connectivity index (χ1v) is 8.97. The van der Waals surface area contributed by atoms with Gasteiger partial charge in [0.15, 0.2) is 11.6 Å². The Bertz CT molecular complexity index is 923. The van der Waals surface area contributed by atoms with E-state index in [2.05, 4.69) is 5.32 Å². The summed E-state index contributed by atoms with van der Waals surface area (Å²) in [5.41, 5.74) is -0.00418. The van der Waals surface area contributed by atoms with Crippen LogP contribution >= 0.6 is 23.2 Å². The molecule has 0 radical (unpaired) electrons. The molecule has 0 aliphatic rings. The monoisotopic (exact) mass is 408 g/mol. The summed E-state index contributed by atoms with van der Waals surface area (Å²) >= 11 is 11.7. The lowest BCUT2D eigenvalue weighted by Crippen LogP contribution is -2.35. The molecule has 0 saturated carbocycles. The van der Waals surface area contributed by atoms with E-state index in [4.69, 9.17) is 23.2 Å². The van der Waals surface area contributed by atoms with E-state index in [1.807, 2.05) is 0 Å². The first-order valence-electron chi connectivity index (χ1n) is 6.77. The van der Waals surface area contributed by atoms with Gasteiger partial charge in [-0.15, -0.1) is 0 Å². The average Bonchev–Trinajstić information content (AvgIpc) is 2.53. The van der Waals surface area contributed by atoms with Crippen LogP contribution < -0.4 is 5.32 Å². The molecule has 1 N–H and O–H groups in total. The molecule has 25 heavy (non-hydrogen) atoms. The number of likely N-dealkylation sites (N-methyl/N-ethyl adjacent to an activating group) is 1. The molecule has 5 nitrogen and oxygen atoms in total. The highest BCUT2D eigenvalue weighted by Crippen LogP contribution is 2.27. The number of carbonyl (C=O) groups excluding carboxylic acids is 1. The molecule has 0 saturated heterocycles. The number of halogens is 4. The summed E-state index contributed by atoms with van der Waals surface area (Å²) in [5, 5.41) is 2.40. The molecule has 10 heteroatoms. The lowest BCUT2D eigenvalue weighted by atomic mass is 10.3. The Morgan fingerprint density at radius 2 is 1.80 bits per heavy atom. The summed E-state index contributed by atoms with van der Waals surface area (Å²) in [7, 11) is -2.89. The van der Waals surface area contributed by atoms with E-state index >= 15 is 0 Å². The number of nitrogens with one attached hydrogen (secondary N) is 1. The fourth-order valence-corrected chi connectivity index (χ4v) is 3.76. The molecule has 0 bridgehead atoms. The number of rotatable bonds is 5. The van der Waals surface area contributed by atoms with E-state index in [9.17, 15) is 22.0 Å². The van der Waals surface area contributed by atoms with Crippen LogP contribution in [0.2, 0.25) is 10.0 Å². The molecule has 2 aromatic rings. The number of carbonyl (C=O) groups is 1. The van der Waals surface area contributed by atoms with E-state index in [1.165, 1.54) is 25.2 Å². The van der Waals surface area contributed by atoms with E-state index in [0.29, 0.717) is 0 Å². The van der Waals surface area contributed by atoms with Crippen molar-refractivity contribution in [3.8, 4) is 0 Å². The van der Waals surface area contributed by atoms with Crippen molar-refractivity contribution in [1.29, 1.82) is 0 Å². The zero-order chi connectivity index (χ0) is 18.8. The highest BCUT2D eigenvalue weighted by molar-refractivity contribution is 7.89. The first kappa shape index (κ1) is 19.6. The summed E-state index contributed by atoms with van der Waals surface area (Å²) in [6.45, 7) is -0.565. The predicted octanol–water partition coefficient (Wildman–Crippen LogP) is 3.53. The molecular formula is C15H12Cl2F2N2O3S. The van der Waals surface area contributed by atoms with E-state index in [1.54, 1.807) is 0 Å². The zero-order valence-corrected chi connectivity index (χ0v) is 15.1. The van der Waals surface area contributed by atoms with Gasteiger partial charge in [0.1, 0.15) is 4.90 Å². The molecule has 2 aromatic carbocycles. The lowest BCUT2D eigenvalue weighted by Gasteiger charge is -2.18. The number of sulfonamides is 1. The minimum Gasteiger partial charge on any atom is -0.325 e. The van der Waals surface area contributed by atoms with Crippen molar-refractivity contribution in [3.63, 3.8) is 0 Å². The van der Waals surface area contributed by atoms with E-state index in [-0.39, 0.29) is 20.6 Å². The second-order valence-corrected chi connectivity index (χ2v) is 7.87. The Kier molecular flexibility index (Phi) is 5.99. The predicted molar refractivity (Wildman–Crippen MR) is 91.3 cm³/mol. The summed E-state index contributed by atoms with van der Waals surface area (Å²) in [6, 6.07) is 6.71. The fourth-order valence-electron chi connectivity index (χ4n) is 1.90. The fraction of sp³-hybridized carbons (Fsp3) is 0.133. The van der Waals surface area contributed by atoms with Crippen LogP contribution in [0, 0.1) is 11.6 Å². The maximum atomic E-state index is 13.1. The van der Waals surface area contributed by atoms with Crippen LogP contribution in [0.4, 0.5) is 14.5 Å². The highest BCUT2D eigenvalue weighted by Gasteiger charge is 2.25. The Morgan fingerprint density at radius 1 is 1.12 bits per heavy atom. The Balaban J connectivity index is 2.14. The van der Waals surface area contributed by atoms with Gasteiger partial charge in [0.25, 0.3) is 0 Å². The highest BCUT2D eigenvalue weighted by atomic mass is 35.5. The second-order valence-electron chi connectivity index (χ2n) is 5.01. The van der Waals surface area contributed by atoms with Crippen molar-refractivity contribution in [3.05, 3.63) is 58.1 Å². The Labute approximate surface area is 153 Å². The summed E-state index contributed by atoms with van der Waals surface area (Å²) in [4.78, 5) is 11.7. The molecule has 0 unspecified atom stereocenters. The van der Waals surface area contributed by atoms with Gasteiger partial charge < -0.3 is 5.32 Å². The molecule has 0 aliphatic carbocycles. The molecule has 0 heterocycles. The molecule has 0 spiro atoms. The van der Waals surface area contributed by atoms with Crippen molar-refractivity contribution in [1.82, 2.24) is 4.31 Å². The summed E-state index contributed by atoms with van der Waals surface area (Å²) in [5.74, 6) is -2.94. The number of amides is 1. The van der Waals surface area contributed by atoms with Crippen LogP contribution in [0.25, 0.3) is 0 Å². The zero-order valence-electron chi connectivity index (χ0n) is 12.8. The smallest absolute Gasteiger partial charge is 0.244 e. The Morgan fingerprint density at radius 3 is 2.44 bits per heavy atom. The van der Waals surface area contributed by atoms with Crippen LogP contribution in [-0.2, 0) is 14.8 Å². The van der Waals surface area contributed by atoms with Crippen LogP contribution in [0.1, 0.15) is 0 Å².